The summed E-state index contributed by atoms with van der Waals surface area (Å²) in [4.78, 5) is 10.2. The van der Waals surface area contributed by atoms with Crippen molar-refractivity contribution in [2.75, 3.05) is 6.26 Å². The van der Waals surface area contributed by atoms with Crippen molar-refractivity contribution < 1.29 is 13.2 Å². The lowest BCUT2D eigenvalue weighted by Gasteiger charge is -1.87. The molecule has 0 aliphatic heterocycles. The molecule has 0 radical (unpaired) electrons. The molecule has 11 heavy (non-hydrogen) atoms. The lowest BCUT2D eigenvalue weighted by atomic mass is 10.3. The van der Waals surface area contributed by atoms with Gasteiger partial charge in [0.25, 0.3) is 0 Å². The smallest absolute Gasteiger partial charge is 0.217 e. The van der Waals surface area contributed by atoms with Gasteiger partial charge in [0.15, 0.2) is 9.84 Å². The van der Waals surface area contributed by atoms with Gasteiger partial charge < -0.3 is 5.73 Å². The predicted molar refractivity (Wildman–Crippen MR) is 42.4 cm³/mol. The molecule has 0 atom stereocenters. The number of primary amides is 1. The highest BCUT2D eigenvalue weighted by Gasteiger charge is 1.93. The standard InChI is InChI=1S/C6H11NO3S/c1-11(9,10)5-3-2-4-6(7)8/h3,5H,2,4H2,1H3,(H2,7,8). The van der Waals surface area contributed by atoms with Gasteiger partial charge in [0.05, 0.1) is 0 Å². The van der Waals surface area contributed by atoms with E-state index < -0.39 is 15.7 Å². The second-order valence-electron chi connectivity index (χ2n) is 2.21. The zero-order valence-electron chi connectivity index (χ0n) is 6.28. The second-order valence-corrected chi connectivity index (χ2v) is 4.14. The number of nitrogens with two attached hydrogens (primary N) is 1. The summed E-state index contributed by atoms with van der Waals surface area (Å²) in [5.41, 5.74) is 4.82. The quantitative estimate of drug-likeness (QED) is 0.646. The molecule has 0 unspecified atom stereocenters. The molecule has 5 heteroatoms. The van der Waals surface area contributed by atoms with Crippen LogP contribution in [0.4, 0.5) is 0 Å². The van der Waals surface area contributed by atoms with Crippen LogP contribution < -0.4 is 5.73 Å². The van der Waals surface area contributed by atoms with Gasteiger partial charge in [0.1, 0.15) is 0 Å². The Balaban J connectivity index is 3.72. The molecule has 0 aromatic carbocycles. The number of hydrogen-bond donors (Lipinski definition) is 1. The van der Waals surface area contributed by atoms with E-state index in [-0.39, 0.29) is 6.42 Å². The molecule has 0 spiro atoms. The molecule has 0 aliphatic carbocycles. The molecule has 1 amide bonds. The van der Waals surface area contributed by atoms with Gasteiger partial charge in [-0.1, -0.05) is 6.08 Å². The van der Waals surface area contributed by atoms with E-state index in [4.69, 9.17) is 5.73 Å². The third-order valence-corrected chi connectivity index (χ3v) is 1.59. The first-order valence-corrected chi connectivity index (χ1v) is 5.02. The minimum Gasteiger partial charge on any atom is -0.370 e. The number of allylic oxidation sites excluding steroid dienone is 1. The van der Waals surface area contributed by atoms with Gasteiger partial charge in [-0.3, -0.25) is 4.79 Å². The van der Waals surface area contributed by atoms with E-state index >= 15 is 0 Å². The molecule has 4 nitrogen and oxygen atoms in total. The van der Waals surface area contributed by atoms with E-state index in [1.807, 2.05) is 0 Å². The van der Waals surface area contributed by atoms with Crippen LogP contribution in [0, 0.1) is 0 Å². The van der Waals surface area contributed by atoms with Crippen molar-refractivity contribution in [1.29, 1.82) is 0 Å². The molecule has 0 aromatic heterocycles. The van der Waals surface area contributed by atoms with E-state index in [2.05, 4.69) is 0 Å². The molecular formula is C6H11NO3S. The lowest BCUT2D eigenvalue weighted by molar-refractivity contribution is -0.117. The zero-order valence-corrected chi connectivity index (χ0v) is 7.10. The summed E-state index contributed by atoms with van der Waals surface area (Å²) in [5, 5.41) is 1.07. The Morgan fingerprint density at radius 2 is 2.09 bits per heavy atom. The van der Waals surface area contributed by atoms with E-state index in [1.54, 1.807) is 0 Å². The summed E-state index contributed by atoms with van der Waals surface area (Å²) < 4.78 is 20.9. The molecule has 0 saturated heterocycles. The average Bonchev–Trinajstić information content (AvgIpc) is 1.78. The normalized spacial score (nSPS) is 12.1. The SMILES string of the molecule is CS(=O)(=O)C=CCCC(N)=O. The van der Waals surface area contributed by atoms with Crippen LogP contribution in [0.25, 0.3) is 0 Å². The van der Waals surface area contributed by atoms with Crippen LogP contribution in [0.5, 0.6) is 0 Å². The molecule has 2 N–H and O–H groups in total. The number of hydrogen-bond acceptors (Lipinski definition) is 3. The first-order valence-electron chi connectivity index (χ1n) is 3.07. The van der Waals surface area contributed by atoms with Crippen molar-refractivity contribution in [2.24, 2.45) is 5.73 Å². The van der Waals surface area contributed by atoms with E-state index in [1.165, 1.54) is 6.08 Å². The molecule has 0 bridgehead atoms. The van der Waals surface area contributed by atoms with Crippen LogP contribution in [-0.4, -0.2) is 20.6 Å². The van der Waals surface area contributed by atoms with Crippen LogP contribution in [0.1, 0.15) is 12.8 Å². The minimum absolute atomic E-state index is 0.187. The Labute approximate surface area is 66.0 Å². The van der Waals surface area contributed by atoms with Crippen LogP contribution in [0.2, 0.25) is 0 Å². The van der Waals surface area contributed by atoms with Crippen molar-refractivity contribution in [2.45, 2.75) is 12.8 Å². The molecule has 0 saturated carbocycles. The highest BCUT2D eigenvalue weighted by Crippen LogP contribution is 1.92. The van der Waals surface area contributed by atoms with Crippen LogP contribution in [0.15, 0.2) is 11.5 Å². The monoisotopic (exact) mass is 177 g/mol. The summed E-state index contributed by atoms with van der Waals surface area (Å²) in [5.74, 6) is -0.428. The van der Waals surface area contributed by atoms with Gasteiger partial charge >= 0.3 is 0 Å². The fourth-order valence-electron chi connectivity index (χ4n) is 0.468. The number of sulfone groups is 1. The average molecular weight is 177 g/mol. The Kier molecular flexibility index (Phi) is 3.81. The highest BCUT2D eigenvalue weighted by atomic mass is 32.2. The first-order chi connectivity index (χ1) is 4.92. The van der Waals surface area contributed by atoms with Crippen LogP contribution in [0.3, 0.4) is 0 Å². The third-order valence-electron chi connectivity index (χ3n) is 0.901. The van der Waals surface area contributed by atoms with Crippen molar-refractivity contribution in [3.63, 3.8) is 0 Å². The maximum absolute atomic E-state index is 10.5. The molecule has 0 aliphatic rings. The van der Waals surface area contributed by atoms with Crippen LogP contribution >= 0.6 is 0 Å². The maximum atomic E-state index is 10.5. The van der Waals surface area contributed by atoms with Gasteiger partial charge in [-0.2, -0.15) is 0 Å². The predicted octanol–water partition coefficient (Wildman–Crippen LogP) is -0.190. The maximum Gasteiger partial charge on any atom is 0.217 e. The third kappa shape index (κ3) is 9.16. The zero-order chi connectivity index (χ0) is 8.91. The molecular weight excluding hydrogens is 166 g/mol. The molecule has 64 valence electrons. The Morgan fingerprint density at radius 1 is 1.55 bits per heavy atom. The molecule has 0 rings (SSSR count). The van der Waals surface area contributed by atoms with Crippen molar-refractivity contribution in [3.8, 4) is 0 Å². The molecule has 0 aromatic rings. The molecule has 0 heterocycles. The van der Waals surface area contributed by atoms with Crippen molar-refractivity contribution >= 4 is 15.7 Å². The van der Waals surface area contributed by atoms with Gasteiger partial charge in [0.2, 0.25) is 5.91 Å². The highest BCUT2D eigenvalue weighted by molar-refractivity contribution is 7.93. The fourth-order valence-corrected chi connectivity index (χ4v) is 0.954. The number of rotatable bonds is 4. The van der Waals surface area contributed by atoms with E-state index in [9.17, 15) is 13.2 Å². The largest absolute Gasteiger partial charge is 0.370 e. The second kappa shape index (κ2) is 4.12. The van der Waals surface area contributed by atoms with Gasteiger partial charge in [0, 0.05) is 18.1 Å². The van der Waals surface area contributed by atoms with E-state index in [0.717, 1.165) is 11.7 Å². The Bertz CT molecular complexity index is 253. The van der Waals surface area contributed by atoms with Gasteiger partial charge in [-0.15, -0.1) is 0 Å². The first kappa shape index (κ1) is 10.2. The summed E-state index contributed by atoms with van der Waals surface area (Å²) >= 11 is 0. The summed E-state index contributed by atoms with van der Waals surface area (Å²) in [6, 6.07) is 0. The van der Waals surface area contributed by atoms with Crippen LogP contribution in [-0.2, 0) is 14.6 Å². The van der Waals surface area contributed by atoms with Crippen molar-refractivity contribution in [1.82, 2.24) is 0 Å². The fraction of sp³-hybridized carbons (Fsp3) is 0.500. The topological polar surface area (TPSA) is 77.2 Å². The number of carbonyl (C=O) groups excluding carboxylic acids is 1. The van der Waals surface area contributed by atoms with Gasteiger partial charge in [-0.05, 0) is 6.42 Å². The number of carbonyl (C=O) groups is 1. The molecule has 0 fully saturated rings. The lowest BCUT2D eigenvalue weighted by Crippen LogP contribution is -2.08. The number of amides is 1. The summed E-state index contributed by atoms with van der Waals surface area (Å²) in [6.07, 6.45) is 3.07. The van der Waals surface area contributed by atoms with Crippen molar-refractivity contribution in [3.05, 3.63) is 11.5 Å². The Morgan fingerprint density at radius 3 is 2.45 bits per heavy atom. The summed E-state index contributed by atoms with van der Waals surface area (Å²) in [6.45, 7) is 0. The van der Waals surface area contributed by atoms with E-state index in [0.29, 0.717) is 6.42 Å². The minimum atomic E-state index is -3.05. The Hall–Kier alpha value is -0.840. The van der Waals surface area contributed by atoms with Gasteiger partial charge in [-0.25, -0.2) is 8.42 Å². The summed E-state index contributed by atoms with van der Waals surface area (Å²) in [7, 11) is -3.05.